The van der Waals surface area contributed by atoms with Crippen molar-refractivity contribution in [2.75, 3.05) is 66.6 Å². The van der Waals surface area contributed by atoms with Gasteiger partial charge in [-0.2, -0.15) is 0 Å². The molecule has 346 valence electrons. The summed E-state index contributed by atoms with van der Waals surface area (Å²) in [6.45, 7) is 12.6. The lowest BCUT2D eigenvalue weighted by Crippen LogP contribution is -2.58. The molecular formula is C48H78N8O6. The molecule has 0 radical (unpaired) electrons. The molecule has 14 nitrogen and oxygen atoms in total. The van der Waals surface area contributed by atoms with Crippen molar-refractivity contribution in [3.8, 4) is 0 Å². The molecule has 2 aromatic carbocycles. The van der Waals surface area contributed by atoms with Crippen LogP contribution in [0.2, 0.25) is 0 Å². The van der Waals surface area contributed by atoms with Gasteiger partial charge in [0.2, 0.25) is 23.6 Å². The summed E-state index contributed by atoms with van der Waals surface area (Å²) in [5.41, 5.74) is 2.55. The van der Waals surface area contributed by atoms with E-state index in [2.05, 4.69) is 56.2 Å². The van der Waals surface area contributed by atoms with Crippen LogP contribution in [0, 0.1) is 0 Å². The molecule has 4 amide bonds. The number of hydrogen-bond donors (Lipinski definition) is 6. The fraction of sp³-hybridized carbons (Fsp3) is 0.667. The standard InChI is InChI=1S/C48H78N8O6/c1-35(49-5)45(57)53-43(47(59)55-29-17-23-41(55)33-51-27-25-39-19-11-9-12-20-39)37(3)61-31-15-7-8-16-32-62-38(4)44(54-46(58)36(2)50-6)48(60)56-30-18-24-42(56)34-52-28-26-40-21-13-10-14-22-40/h9-14,19-22,35-38,41-44,49-52H,7-8,15-18,23-34H2,1-6H3,(H,53,57)(H,54,58)/t35-,36-,37+,38+,41-,42-,43-,44-/m0/s1. The molecule has 2 aromatic rings. The molecule has 2 aliphatic heterocycles. The first-order chi connectivity index (χ1) is 30.0. The van der Waals surface area contributed by atoms with Crippen molar-refractivity contribution in [2.45, 2.75) is 140 Å². The third kappa shape index (κ3) is 16.7. The Hall–Kier alpha value is -3.92. The van der Waals surface area contributed by atoms with Crippen LogP contribution in [0.3, 0.4) is 0 Å². The normalized spacial score (nSPS) is 19.4. The second-order valence-corrected chi connectivity index (χ2v) is 17.1. The highest BCUT2D eigenvalue weighted by Gasteiger charge is 2.39. The zero-order valence-corrected chi connectivity index (χ0v) is 38.5. The van der Waals surface area contributed by atoms with E-state index in [1.54, 1.807) is 27.9 Å². The molecule has 0 aromatic heterocycles. The second kappa shape index (κ2) is 28.0. The van der Waals surface area contributed by atoms with E-state index in [9.17, 15) is 19.2 Å². The maximum Gasteiger partial charge on any atom is 0.248 e. The molecule has 0 saturated carbocycles. The van der Waals surface area contributed by atoms with Crippen molar-refractivity contribution >= 4 is 23.6 Å². The Morgan fingerprint density at radius 3 is 1.35 bits per heavy atom. The minimum atomic E-state index is -0.794. The van der Waals surface area contributed by atoms with Gasteiger partial charge in [-0.25, -0.2) is 0 Å². The predicted octanol–water partition coefficient (Wildman–Crippen LogP) is 3.19. The van der Waals surface area contributed by atoms with Crippen LogP contribution in [-0.4, -0.2) is 148 Å². The number of rotatable bonds is 29. The quantitative estimate of drug-likeness (QED) is 0.0670. The summed E-state index contributed by atoms with van der Waals surface area (Å²) in [5.74, 6) is -0.674. The fourth-order valence-electron chi connectivity index (χ4n) is 8.19. The van der Waals surface area contributed by atoms with E-state index in [-0.39, 0.29) is 35.7 Å². The van der Waals surface area contributed by atoms with Crippen LogP contribution in [0.15, 0.2) is 60.7 Å². The zero-order valence-electron chi connectivity index (χ0n) is 38.5. The summed E-state index contributed by atoms with van der Waals surface area (Å²) in [7, 11) is 3.45. The second-order valence-electron chi connectivity index (χ2n) is 17.1. The summed E-state index contributed by atoms with van der Waals surface area (Å²) in [6.07, 6.45) is 7.86. The van der Waals surface area contributed by atoms with Gasteiger partial charge < -0.3 is 51.2 Å². The first-order valence-corrected chi connectivity index (χ1v) is 23.3. The molecule has 0 aliphatic carbocycles. The summed E-state index contributed by atoms with van der Waals surface area (Å²) >= 11 is 0. The lowest BCUT2D eigenvalue weighted by molar-refractivity contribution is -0.142. The summed E-state index contributed by atoms with van der Waals surface area (Å²) in [5, 5.41) is 19.0. The van der Waals surface area contributed by atoms with Gasteiger partial charge >= 0.3 is 0 Å². The van der Waals surface area contributed by atoms with Crippen LogP contribution in [0.1, 0.15) is 90.2 Å². The Kier molecular flexibility index (Phi) is 22.9. The number of amides is 4. The van der Waals surface area contributed by atoms with E-state index < -0.39 is 36.4 Å². The van der Waals surface area contributed by atoms with E-state index in [1.807, 2.05) is 60.0 Å². The average Bonchev–Trinajstić information content (AvgIpc) is 3.98. The van der Waals surface area contributed by atoms with Crippen molar-refractivity contribution in [1.29, 1.82) is 0 Å². The molecule has 2 saturated heterocycles. The van der Waals surface area contributed by atoms with Crippen molar-refractivity contribution < 1.29 is 28.7 Å². The fourth-order valence-corrected chi connectivity index (χ4v) is 8.19. The van der Waals surface area contributed by atoms with Gasteiger partial charge in [0.05, 0.1) is 24.3 Å². The lowest BCUT2D eigenvalue weighted by Gasteiger charge is -2.33. The number of nitrogens with zero attached hydrogens (tertiary/aromatic N) is 2. The predicted molar refractivity (Wildman–Crippen MR) is 246 cm³/mol. The SMILES string of the molecule is CN[C@@H](C)C(=O)N[C@H](C(=O)N1CCC[C@H]1CNCCc1ccccc1)[C@@H](C)OCCCCCCO[C@H](C)[C@H](NC(=O)[C@H](C)NC)C(=O)N1CCC[C@H]1CNCCc1ccccc1. The highest BCUT2D eigenvalue weighted by molar-refractivity contribution is 5.91. The minimum Gasteiger partial charge on any atom is -0.376 e. The topological polar surface area (TPSA) is 165 Å². The largest absolute Gasteiger partial charge is 0.376 e. The van der Waals surface area contributed by atoms with E-state index in [0.29, 0.717) is 39.4 Å². The van der Waals surface area contributed by atoms with E-state index in [1.165, 1.54) is 11.1 Å². The van der Waals surface area contributed by atoms with Gasteiger partial charge in [-0.05, 0) is 117 Å². The van der Waals surface area contributed by atoms with Crippen LogP contribution in [0.5, 0.6) is 0 Å². The van der Waals surface area contributed by atoms with Crippen LogP contribution in [-0.2, 0) is 41.5 Å². The Labute approximate surface area is 371 Å². The molecule has 0 bridgehead atoms. The molecule has 2 aliphatic rings. The van der Waals surface area contributed by atoms with Gasteiger partial charge in [0, 0.05) is 51.5 Å². The number of likely N-dealkylation sites (tertiary alicyclic amines) is 2. The number of likely N-dealkylation sites (N-methyl/N-ethyl adjacent to an activating group) is 2. The van der Waals surface area contributed by atoms with E-state index in [4.69, 9.17) is 9.47 Å². The highest BCUT2D eigenvalue weighted by atomic mass is 16.5. The van der Waals surface area contributed by atoms with Gasteiger partial charge in [-0.3, -0.25) is 19.2 Å². The van der Waals surface area contributed by atoms with Gasteiger partial charge in [0.1, 0.15) is 12.1 Å². The van der Waals surface area contributed by atoms with Crippen molar-refractivity contribution in [3.63, 3.8) is 0 Å². The Balaban J connectivity index is 1.21. The number of carbonyl (C=O) groups is 4. The van der Waals surface area contributed by atoms with E-state index >= 15 is 0 Å². The number of benzene rings is 2. The zero-order chi connectivity index (χ0) is 44.7. The smallest absolute Gasteiger partial charge is 0.248 e. The summed E-state index contributed by atoms with van der Waals surface area (Å²) in [6, 6.07) is 18.4. The van der Waals surface area contributed by atoms with Crippen molar-refractivity contribution in [2.24, 2.45) is 0 Å². The molecule has 4 rings (SSSR count). The molecular weight excluding hydrogens is 785 g/mol. The monoisotopic (exact) mass is 863 g/mol. The first kappa shape index (κ1) is 50.7. The van der Waals surface area contributed by atoms with Crippen LogP contribution in [0.4, 0.5) is 0 Å². The maximum atomic E-state index is 14.1. The molecule has 8 atom stereocenters. The van der Waals surface area contributed by atoms with Crippen molar-refractivity contribution in [3.05, 3.63) is 71.8 Å². The number of ether oxygens (including phenoxy) is 2. The molecule has 62 heavy (non-hydrogen) atoms. The maximum absolute atomic E-state index is 14.1. The molecule has 0 unspecified atom stereocenters. The Bertz CT molecular complexity index is 1490. The van der Waals surface area contributed by atoms with Gasteiger partial charge in [0.15, 0.2) is 0 Å². The van der Waals surface area contributed by atoms with Crippen LogP contribution < -0.4 is 31.9 Å². The molecule has 2 heterocycles. The molecule has 0 spiro atoms. The summed E-state index contributed by atoms with van der Waals surface area (Å²) in [4.78, 5) is 58.0. The number of nitrogens with one attached hydrogen (secondary N) is 6. The third-order valence-corrected chi connectivity index (χ3v) is 12.5. The highest BCUT2D eigenvalue weighted by Crippen LogP contribution is 2.21. The van der Waals surface area contributed by atoms with Crippen molar-refractivity contribution in [1.82, 2.24) is 41.7 Å². The Morgan fingerprint density at radius 2 is 0.984 bits per heavy atom. The first-order valence-electron chi connectivity index (χ1n) is 23.3. The minimum absolute atomic E-state index is 0.0629. The van der Waals surface area contributed by atoms with Gasteiger partial charge in [-0.15, -0.1) is 0 Å². The number of carbonyl (C=O) groups excluding carboxylic acids is 4. The summed E-state index contributed by atoms with van der Waals surface area (Å²) < 4.78 is 12.5. The lowest BCUT2D eigenvalue weighted by atomic mass is 10.1. The molecule has 6 N–H and O–H groups in total. The number of unbranched alkanes of at least 4 members (excludes halogenated alkanes) is 3. The molecule has 2 fully saturated rings. The van der Waals surface area contributed by atoms with Gasteiger partial charge in [0.25, 0.3) is 0 Å². The van der Waals surface area contributed by atoms with E-state index in [0.717, 1.165) is 77.3 Å². The average molecular weight is 863 g/mol. The van der Waals surface area contributed by atoms with Gasteiger partial charge in [-0.1, -0.05) is 73.5 Å². The Morgan fingerprint density at radius 1 is 0.597 bits per heavy atom. The number of hydrogen-bond acceptors (Lipinski definition) is 10. The molecule has 14 heteroatoms. The third-order valence-electron chi connectivity index (χ3n) is 12.5. The van der Waals surface area contributed by atoms with Crippen LogP contribution in [0.25, 0.3) is 0 Å². The van der Waals surface area contributed by atoms with Crippen LogP contribution >= 0.6 is 0 Å².